The average Bonchev–Trinajstić information content (AvgIpc) is 2.37. The normalized spacial score (nSPS) is 13.9. The largest absolute Gasteiger partial charge is 0.491 e. The maximum Gasteiger partial charge on any atom is 0.240 e. The Labute approximate surface area is 115 Å². The number of ether oxygens (including phenoxy) is 1. The Morgan fingerprint density at radius 1 is 1.37 bits per heavy atom. The number of aryl methyl sites for hydroxylation is 2. The van der Waals surface area contributed by atoms with Gasteiger partial charge in [0, 0.05) is 0 Å². The molecular weight excluding hydrogens is 240 g/mol. The van der Waals surface area contributed by atoms with Crippen LogP contribution in [0, 0.1) is 13.8 Å². The lowest BCUT2D eigenvalue weighted by Gasteiger charge is -2.27. The fraction of sp³-hybridized carbons (Fsp3) is 0.533. The standard InChI is InChI=1S/C15H24N2O2/c1-5-8-17-15(4,14(16)18)10-19-13-7-6-11(2)12(3)9-13/h6-7,9,17H,5,8,10H2,1-4H3,(H2,16,18). The molecule has 0 spiro atoms. The van der Waals surface area contributed by atoms with Crippen LogP contribution < -0.4 is 15.8 Å². The van der Waals surface area contributed by atoms with Gasteiger partial charge in [-0.3, -0.25) is 4.79 Å². The number of amides is 1. The lowest BCUT2D eigenvalue weighted by Crippen LogP contribution is -2.57. The minimum Gasteiger partial charge on any atom is -0.491 e. The van der Waals surface area contributed by atoms with Crippen molar-refractivity contribution in [1.82, 2.24) is 5.32 Å². The molecule has 19 heavy (non-hydrogen) atoms. The van der Waals surface area contributed by atoms with E-state index in [1.807, 2.05) is 32.0 Å². The van der Waals surface area contributed by atoms with Crippen LogP contribution in [0.15, 0.2) is 18.2 Å². The first-order valence-corrected chi connectivity index (χ1v) is 6.64. The molecule has 0 fully saturated rings. The zero-order chi connectivity index (χ0) is 14.5. The third kappa shape index (κ3) is 4.24. The maximum absolute atomic E-state index is 11.5. The molecule has 1 aromatic carbocycles. The lowest BCUT2D eigenvalue weighted by molar-refractivity contribution is -0.125. The molecule has 0 aromatic heterocycles. The molecule has 1 unspecified atom stereocenters. The van der Waals surface area contributed by atoms with E-state index in [1.165, 1.54) is 11.1 Å². The Bertz CT molecular complexity index is 446. The summed E-state index contributed by atoms with van der Waals surface area (Å²) in [6, 6.07) is 5.88. The van der Waals surface area contributed by atoms with Crippen LogP contribution in [0.4, 0.5) is 0 Å². The summed E-state index contributed by atoms with van der Waals surface area (Å²) in [7, 11) is 0. The molecule has 0 heterocycles. The second kappa shape index (κ2) is 6.57. The predicted molar refractivity (Wildman–Crippen MR) is 77.3 cm³/mol. The Morgan fingerprint density at radius 3 is 2.58 bits per heavy atom. The van der Waals surface area contributed by atoms with Crippen molar-refractivity contribution in [2.24, 2.45) is 5.73 Å². The third-order valence-corrected chi connectivity index (χ3v) is 3.31. The molecule has 1 amide bonds. The molecule has 106 valence electrons. The maximum atomic E-state index is 11.5. The molecule has 1 rings (SSSR count). The highest BCUT2D eigenvalue weighted by Crippen LogP contribution is 2.18. The molecule has 0 aliphatic carbocycles. The minimum absolute atomic E-state index is 0.227. The van der Waals surface area contributed by atoms with Gasteiger partial charge < -0.3 is 15.8 Å². The SMILES string of the molecule is CCCNC(C)(COc1ccc(C)c(C)c1)C(N)=O. The molecule has 0 radical (unpaired) electrons. The quantitative estimate of drug-likeness (QED) is 0.791. The predicted octanol–water partition coefficient (Wildman–Crippen LogP) is 1.93. The number of rotatable bonds is 7. The van der Waals surface area contributed by atoms with Crippen molar-refractivity contribution in [1.29, 1.82) is 0 Å². The van der Waals surface area contributed by atoms with Crippen LogP contribution >= 0.6 is 0 Å². The number of primary amides is 1. The molecule has 0 saturated heterocycles. The first kappa shape index (κ1) is 15.5. The van der Waals surface area contributed by atoms with Gasteiger partial charge in [0.2, 0.25) is 5.91 Å². The van der Waals surface area contributed by atoms with Gasteiger partial charge in [-0.1, -0.05) is 13.0 Å². The molecule has 1 atom stereocenters. The number of nitrogens with two attached hydrogens (primary N) is 1. The summed E-state index contributed by atoms with van der Waals surface area (Å²) in [5.41, 5.74) is 6.99. The van der Waals surface area contributed by atoms with Gasteiger partial charge in [0.1, 0.15) is 17.9 Å². The van der Waals surface area contributed by atoms with E-state index in [0.29, 0.717) is 0 Å². The summed E-state index contributed by atoms with van der Waals surface area (Å²) in [4.78, 5) is 11.5. The highest BCUT2D eigenvalue weighted by atomic mass is 16.5. The second-order valence-corrected chi connectivity index (χ2v) is 5.16. The molecule has 4 heteroatoms. The summed E-state index contributed by atoms with van der Waals surface area (Å²) in [5, 5.41) is 3.14. The summed E-state index contributed by atoms with van der Waals surface area (Å²) < 4.78 is 5.70. The van der Waals surface area contributed by atoms with Crippen LogP contribution in [0.2, 0.25) is 0 Å². The van der Waals surface area contributed by atoms with Gasteiger partial charge >= 0.3 is 0 Å². The molecule has 4 nitrogen and oxygen atoms in total. The molecular formula is C15H24N2O2. The van der Waals surface area contributed by atoms with Crippen LogP contribution in [-0.4, -0.2) is 24.6 Å². The minimum atomic E-state index is -0.838. The van der Waals surface area contributed by atoms with E-state index < -0.39 is 11.4 Å². The van der Waals surface area contributed by atoms with Crippen molar-refractivity contribution >= 4 is 5.91 Å². The van der Waals surface area contributed by atoms with E-state index in [1.54, 1.807) is 6.92 Å². The van der Waals surface area contributed by atoms with E-state index in [4.69, 9.17) is 10.5 Å². The highest BCUT2D eigenvalue weighted by Gasteiger charge is 2.31. The smallest absolute Gasteiger partial charge is 0.240 e. The molecule has 0 bridgehead atoms. The Balaban J connectivity index is 2.70. The lowest BCUT2D eigenvalue weighted by atomic mass is 10.0. The van der Waals surface area contributed by atoms with Crippen molar-refractivity contribution in [3.05, 3.63) is 29.3 Å². The molecule has 3 N–H and O–H groups in total. The van der Waals surface area contributed by atoms with Crippen molar-refractivity contribution < 1.29 is 9.53 Å². The van der Waals surface area contributed by atoms with E-state index in [2.05, 4.69) is 12.2 Å². The number of hydrogen-bond donors (Lipinski definition) is 2. The summed E-state index contributed by atoms with van der Waals surface area (Å²) >= 11 is 0. The fourth-order valence-electron chi connectivity index (χ4n) is 1.64. The molecule has 1 aromatic rings. The van der Waals surface area contributed by atoms with Gasteiger partial charge in [0.25, 0.3) is 0 Å². The monoisotopic (exact) mass is 264 g/mol. The Morgan fingerprint density at radius 2 is 2.05 bits per heavy atom. The van der Waals surface area contributed by atoms with E-state index in [0.717, 1.165) is 18.7 Å². The topological polar surface area (TPSA) is 64.3 Å². The third-order valence-electron chi connectivity index (χ3n) is 3.31. The second-order valence-electron chi connectivity index (χ2n) is 5.16. The first-order chi connectivity index (χ1) is 8.89. The van der Waals surface area contributed by atoms with E-state index in [9.17, 15) is 4.79 Å². The Kier molecular flexibility index (Phi) is 5.36. The number of nitrogens with one attached hydrogen (secondary N) is 1. The molecule has 0 aliphatic heterocycles. The van der Waals surface area contributed by atoms with Crippen LogP contribution in [-0.2, 0) is 4.79 Å². The zero-order valence-electron chi connectivity index (χ0n) is 12.2. The summed E-state index contributed by atoms with van der Waals surface area (Å²) in [6.45, 7) is 8.85. The average molecular weight is 264 g/mol. The fourth-order valence-corrected chi connectivity index (χ4v) is 1.64. The molecule has 0 aliphatic rings. The van der Waals surface area contributed by atoms with Crippen molar-refractivity contribution in [3.63, 3.8) is 0 Å². The van der Waals surface area contributed by atoms with E-state index >= 15 is 0 Å². The zero-order valence-corrected chi connectivity index (χ0v) is 12.2. The highest BCUT2D eigenvalue weighted by molar-refractivity contribution is 5.84. The van der Waals surface area contributed by atoms with Crippen LogP contribution in [0.1, 0.15) is 31.4 Å². The summed E-state index contributed by atoms with van der Waals surface area (Å²) in [5.74, 6) is 0.360. The molecule has 0 saturated carbocycles. The van der Waals surface area contributed by atoms with Crippen molar-refractivity contribution in [2.45, 2.75) is 39.7 Å². The van der Waals surface area contributed by atoms with Crippen LogP contribution in [0.25, 0.3) is 0 Å². The number of benzene rings is 1. The van der Waals surface area contributed by atoms with Gasteiger partial charge in [-0.2, -0.15) is 0 Å². The van der Waals surface area contributed by atoms with Crippen molar-refractivity contribution in [2.75, 3.05) is 13.2 Å². The number of carbonyl (C=O) groups is 1. The Hall–Kier alpha value is -1.55. The number of hydrogen-bond acceptors (Lipinski definition) is 3. The van der Waals surface area contributed by atoms with Crippen LogP contribution in [0.5, 0.6) is 5.75 Å². The van der Waals surface area contributed by atoms with Crippen LogP contribution in [0.3, 0.4) is 0 Å². The first-order valence-electron chi connectivity index (χ1n) is 6.64. The van der Waals surface area contributed by atoms with Gasteiger partial charge in [0.15, 0.2) is 0 Å². The van der Waals surface area contributed by atoms with Gasteiger partial charge in [-0.25, -0.2) is 0 Å². The van der Waals surface area contributed by atoms with Gasteiger partial charge in [0.05, 0.1) is 0 Å². The van der Waals surface area contributed by atoms with Gasteiger partial charge in [-0.15, -0.1) is 0 Å². The van der Waals surface area contributed by atoms with E-state index in [-0.39, 0.29) is 6.61 Å². The van der Waals surface area contributed by atoms with Crippen molar-refractivity contribution in [3.8, 4) is 5.75 Å². The number of carbonyl (C=O) groups excluding carboxylic acids is 1. The summed E-state index contributed by atoms with van der Waals surface area (Å²) in [6.07, 6.45) is 0.937. The van der Waals surface area contributed by atoms with Gasteiger partial charge in [-0.05, 0) is 57.0 Å².